The number of non-ortho nitro benzene ring substituents is 1. The van der Waals surface area contributed by atoms with E-state index >= 15 is 0 Å². The molecule has 0 bridgehead atoms. The second kappa shape index (κ2) is 8.19. The van der Waals surface area contributed by atoms with E-state index < -0.39 is 0 Å². The van der Waals surface area contributed by atoms with Gasteiger partial charge in [0.25, 0.3) is 5.69 Å². The van der Waals surface area contributed by atoms with Crippen molar-refractivity contribution in [3.8, 4) is 0 Å². The summed E-state index contributed by atoms with van der Waals surface area (Å²) in [5, 5.41) is 10.8. The maximum Gasteiger partial charge on any atom is 0.269 e. The number of benzene rings is 2. The van der Waals surface area contributed by atoms with Gasteiger partial charge < -0.3 is 5.73 Å². The summed E-state index contributed by atoms with van der Waals surface area (Å²) in [6.07, 6.45) is 4.71. The average molecular weight is 477 g/mol. The van der Waals surface area contributed by atoms with Crippen molar-refractivity contribution >= 4 is 58.4 Å². The minimum atomic E-state index is -0.295. The molecule has 30 heavy (non-hydrogen) atoms. The number of nitrogens with zero attached hydrogens (tertiary/aromatic N) is 1. The Kier molecular flexibility index (Phi) is 5.71. The molecule has 0 amide bonds. The van der Waals surface area contributed by atoms with Gasteiger partial charge in [0.1, 0.15) is 0 Å². The van der Waals surface area contributed by atoms with Crippen LogP contribution in [0.15, 0.2) is 36.4 Å². The number of aryl methyl sites for hydroxylation is 2. The van der Waals surface area contributed by atoms with Crippen LogP contribution in [0, 0.1) is 10.1 Å². The maximum absolute atomic E-state index is 10.8. The van der Waals surface area contributed by atoms with Gasteiger partial charge in [-0.25, -0.2) is 0 Å². The maximum atomic E-state index is 10.8. The van der Waals surface area contributed by atoms with E-state index in [1.54, 1.807) is 12.1 Å². The van der Waals surface area contributed by atoms with Crippen LogP contribution in [0.3, 0.4) is 0 Å². The Balaban J connectivity index is 0.000000130. The van der Waals surface area contributed by atoms with Gasteiger partial charge in [0, 0.05) is 40.8 Å². The number of nitrogens with two attached hydrogens (primary N) is 1. The zero-order chi connectivity index (χ0) is 20.8. The summed E-state index contributed by atoms with van der Waals surface area (Å²) in [6, 6.07) is 11.8. The van der Waals surface area contributed by atoms with Gasteiger partial charge >= 0.3 is 0 Å². The largest absolute Gasteiger partial charge is 0.399 e. The molecule has 0 saturated carbocycles. The van der Waals surface area contributed by atoms with Crippen LogP contribution in [0.25, 0.3) is 0 Å². The Morgan fingerprint density at radius 3 is 1.83 bits per heavy atom. The predicted molar refractivity (Wildman–Crippen MR) is 134 cm³/mol. The zero-order valence-corrected chi connectivity index (χ0v) is 19.9. The van der Waals surface area contributed by atoms with Gasteiger partial charge in [0.05, 0.1) is 13.1 Å². The number of hydrogen-bond donors (Lipinski definition) is 1. The lowest BCUT2D eigenvalue weighted by atomic mass is 10.1. The average Bonchev–Trinajstić information content (AvgIpc) is 3.54. The number of anilines is 1. The van der Waals surface area contributed by atoms with Crippen LogP contribution in [0.2, 0.25) is 0 Å². The normalized spacial score (nSPS) is 22.0. The quantitative estimate of drug-likeness (QED) is 0.306. The minimum Gasteiger partial charge on any atom is -0.399 e. The second-order valence-corrected chi connectivity index (χ2v) is 14.0. The van der Waals surface area contributed by atoms with E-state index in [0.717, 1.165) is 30.0 Å². The van der Waals surface area contributed by atoms with E-state index in [1.807, 2.05) is 35.7 Å². The van der Waals surface area contributed by atoms with Gasteiger partial charge in [-0.05, 0) is 60.1 Å². The lowest BCUT2D eigenvalue weighted by molar-refractivity contribution is -0.384. The topological polar surface area (TPSA) is 69.2 Å². The lowest BCUT2D eigenvalue weighted by Gasteiger charge is -2.22. The number of fused-ring (bicyclic) bond motifs is 4. The molecule has 0 unspecified atom stereocenters. The summed E-state index contributed by atoms with van der Waals surface area (Å²) in [5.41, 5.74) is 12.5. The van der Waals surface area contributed by atoms with Gasteiger partial charge in [-0.2, -0.15) is 0 Å². The van der Waals surface area contributed by atoms with Crippen molar-refractivity contribution in [3.05, 3.63) is 68.8 Å². The van der Waals surface area contributed by atoms with Gasteiger partial charge in [-0.3, -0.25) is 10.1 Å². The van der Waals surface area contributed by atoms with Crippen LogP contribution in [0.1, 0.15) is 35.1 Å². The van der Waals surface area contributed by atoms with Crippen LogP contribution in [0.5, 0.6) is 0 Å². The zero-order valence-electron chi connectivity index (χ0n) is 16.6. The first kappa shape index (κ1) is 20.9. The van der Waals surface area contributed by atoms with Crippen molar-refractivity contribution in [2.45, 2.75) is 33.8 Å². The molecule has 4 aliphatic rings. The van der Waals surface area contributed by atoms with Crippen molar-refractivity contribution < 1.29 is 4.92 Å². The summed E-state index contributed by atoms with van der Waals surface area (Å²) >= 11 is 8.13. The molecule has 2 heterocycles. The monoisotopic (exact) mass is 476 g/mol. The molecule has 2 aromatic rings. The molecule has 2 saturated heterocycles. The number of hydrogen-bond acceptors (Lipinski definition) is 7. The minimum absolute atomic E-state index is 0.126. The SMILES string of the molecule is Nc1ccc2c(c1)C1(CC2)SCCS1.O=[N+]([O-])c1ccc2c(c1)C1(CC2)SCCS1. The van der Waals surface area contributed by atoms with E-state index in [-0.39, 0.29) is 14.7 Å². The van der Waals surface area contributed by atoms with Gasteiger partial charge in [-0.1, -0.05) is 12.1 Å². The lowest BCUT2D eigenvalue weighted by Crippen LogP contribution is -2.09. The Bertz CT molecular complexity index is 985. The standard InChI is InChI=1S/C11H11NO2S2.C11H13NS2/c13-12(14)9-2-1-8-3-4-11(10(8)7-9)15-5-6-16-11;12-9-2-1-8-3-4-11(10(8)7-9)13-5-6-14-11/h1-2,7H,3-6H2;1-2,7H,3-6,12H2. The third-order valence-electron chi connectivity index (χ3n) is 6.21. The Morgan fingerprint density at radius 2 is 1.30 bits per heavy atom. The highest BCUT2D eigenvalue weighted by Crippen LogP contribution is 2.60. The van der Waals surface area contributed by atoms with Gasteiger partial charge in [0.15, 0.2) is 0 Å². The molecule has 2 spiro atoms. The fourth-order valence-corrected chi connectivity index (χ4v) is 11.5. The molecule has 8 heteroatoms. The number of rotatable bonds is 1. The molecule has 0 aromatic heterocycles. The van der Waals surface area contributed by atoms with Crippen molar-refractivity contribution in [1.82, 2.24) is 0 Å². The molecular weight excluding hydrogens is 453 g/mol. The van der Waals surface area contributed by atoms with Gasteiger partial charge in [0.2, 0.25) is 0 Å². The van der Waals surface area contributed by atoms with Crippen LogP contribution in [-0.4, -0.2) is 27.9 Å². The highest BCUT2D eigenvalue weighted by atomic mass is 32.2. The highest BCUT2D eigenvalue weighted by Gasteiger charge is 2.44. The van der Waals surface area contributed by atoms with E-state index in [9.17, 15) is 10.1 Å². The Labute approximate surface area is 194 Å². The summed E-state index contributed by atoms with van der Waals surface area (Å²) in [4.78, 5) is 10.5. The number of thioether (sulfide) groups is 4. The second-order valence-electron chi connectivity index (χ2n) is 7.91. The third kappa shape index (κ3) is 3.63. The van der Waals surface area contributed by atoms with E-state index in [2.05, 4.69) is 35.7 Å². The van der Waals surface area contributed by atoms with Crippen LogP contribution >= 0.6 is 47.0 Å². The number of nitro benzene ring substituents is 1. The van der Waals surface area contributed by atoms with Crippen molar-refractivity contribution in [1.29, 1.82) is 0 Å². The molecular formula is C22H24N2O2S4. The van der Waals surface area contributed by atoms with Gasteiger partial charge in [-0.15, -0.1) is 47.0 Å². The van der Waals surface area contributed by atoms with Crippen LogP contribution < -0.4 is 5.73 Å². The molecule has 2 aromatic carbocycles. The molecule has 2 fully saturated rings. The van der Waals surface area contributed by atoms with Crippen LogP contribution in [0.4, 0.5) is 11.4 Å². The molecule has 158 valence electrons. The van der Waals surface area contributed by atoms with Crippen molar-refractivity contribution in [2.24, 2.45) is 0 Å². The summed E-state index contributed by atoms with van der Waals surface area (Å²) in [7, 11) is 0. The smallest absolute Gasteiger partial charge is 0.269 e. The Hall–Kier alpha value is -0.960. The molecule has 4 nitrogen and oxygen atoms in total. The molecule has 0 radical (unpaired) electrons. The fraction of sp³-hybridized carbons (Fsp3) is 0.455. The third-order valence-corrected chi connectivity index (χ3v) is 13.3. The number of nitrogen functional groups attached to an aromatic ring is 1. The molecule has 6 rings (SSSR count). The van der Waals surface area contributed by atoms with Crippen molar-refractivity contribution in [3.63, 3.8) is 0 Å². The highest BCUT2D eigenvalue weighted by molar-refractivity contribution is 8.21. The Morgan fingerprint density at radius 1 is 0.800 bits per heavy atom. The summed E-state index contributed by atoms with van der Waals surface area (Å²) < 4.78 is 0.492. The van der Waals surface area contributed by atoms with E-state index in [1.165, 1.54) is 46.6 Å². The molecule has 2 N–H and O–H groups in total. The summed E-state index contributed by atoms with van der Waals surface area (Å²) in [6.45, 7) is 0. The molecule has 0 atom stereocenters. The number of nitro groups is 1. The van der Waals surface area contributed by atoms with Crippen LogP contribution in [-0.2, 0) is 21.0 Å². The summed E-state index contributed by atoms with van der Waals surface area (Å²) in [5.74, 6) is 4.90. The molecule has 2 aliphatic carbocycles. The predicted octanol–water partition coefficient (Wildman–Crippen LogP) is 6.02. The first-order chi connectivity index (χ1) is 14.5. The first-order valence-corrected chi connectivity index (χ1v) is 14.2. The van der Waals surface area contributed by atoms with Crippen molar-refractivity contribution in [2.75, 3.05) is 28.7 Å². The fourth-order valence-electron chi connectivity index (χ4n) is 4.79. The molecule has 2 aliphatic heterocycles. The van der Waals surface area contributed by atoms with E-state index in [0.29, 0.717) is 4.08 Å². The first-order valence-electron chi connectivity index (χ1n) is 10.2. The van der Waals surface area contributed by atoms with E-state index in [4.69, 9.17) is 5.73 Å².